The van der Waals surface area contributed by atoms with Crippen LogP contribution >= 0.6 is 0 Å². The summed E-state index contributed by atoms with van der Waals surface area (Å²) in [4.78, 5) is 31.5. The van der Waals surface area contributed by atoms with Gasteiger partial charge in [-0.2, -0.15) is 0 Å². The lowest BCUT2D eigenvalue weighted by atomic mass is 10.0. The third-order valence-electron chi connectivity index (χ3n) is 3.65. The van der Waals surface area contributed by atoms with Crippen molar-refractivity contribution in [1.82, 2.24) is 20.2 Å². The van der Waals surface area contributed by atoms with Crippen molar-refractivity contribution in [3.8, 4) is 0 Å². The van der Waals surface area contributed by atoms with E-state index in [1.807, 2.05) is 20.8 Å². The van der Waals surface area contributed by atoms with E-state index in [2.05, 4.69) is 15.3 Å². The lowest BCUT2D eigenvalue weighted by Crippen LogP contribution is -2.53. The van der Waals surface area contributed by atoms with Crippen molar-refractivity contribution in [2.75, 3.05) is 7.05 Å². The zero-order valence-electron chi connectivity index (χ0n) is 12.3. The number of aliphatic carboxylic acids is 1. The second-order valence-electron chi connectivity index (χ2n) is 5.35. The molecule has 0 saturated carbocycles. The number of nitrogens with one attached hydrogen (secondary N) is 2. The number of aromatic nitrogens is 2. The topological polar surface area (TPSA) is 98.3 Å². The Labute approximate surface area is 118 Å². The number of carboxylic acid groups (broad SMARTS) is 1. The maximum Gasteiger partial charge on any atom is 0.326 e. The molecule has 7 heteroatoms. The normalized spacial score (nSPS) is 12.8. The Morgan fingerprint density at radius 1 is 1.55 bits per heavy atom. The van der Waals surface area contributed by atoms with E-state index in [1.165, 1.54) is 11.2 Å². The van der Waals surface area contributed by atoms with Crippen molar-refractivity contribution in [1.29, 1.82) is 0 Å². The molecule has 112 valence electrons. The third kappa shape index (κ3) is 3.97. The van der Waals surface area contributed by atoms with Crippen LogP contribution in [0.2, 0.25) is 0 Å². The highest BCUT2D eigenvalue weighted by Gasteiger charge is 2.29. The van der Waals surface area contributed by atoms with Gasteiger partial charge in [-0.3, -0.25) is 0 Å². The molecule has 2 amide bonds. The van der Waals surface area contributed by atoms with E-state index in [-0.39, 0.29) is 12.0 Å². The fraction of sp³-hybridized carbons (Fsp3) is 0.615. The lowest BCUT2D eigenvalue weighted by Gasteiger charge is -2.35. The summed E-state index contributed by atoms with van der Waals surface area (Å²) in [6.45, 7) is 5.83. The van der Waals surface area contributed by atoms with Crippen molar-refractivity contribution in [3.63, 3.8) is 0 Å². The van der Waals surface area contributed by atoms with Crippen LogP contribution in [0, 0.1) is 0 Å². The first-order chi connectivity index (χ1) is 9.27. The lowest BCUT2D eigenvalue weighted by molar-refractivity contribution is -0.139. The monoisotopic (exact) mass is 282 g/mol. The fourth-order valence-electron chi connectivity index (χ4n) is 1.57. The molecule has 0 fully saturated rings. The fourth-order valence-corrected chi connectivity index (χ4v) is 1.57. The smallest absolute Gasteiger partial charge is 0.326 e. The van der Waals surface area contributed by atoms with E-state index in [9.17, 15) is 14.7 Å². The summed E-state index contributed by atoms with van der Waals surface area (Å²) in [7, 11) is 1.66. The Morgan fingerprint density at radius 3 is 2.65 bits per heavy atom. The van der Waals surface area contributed by atoms with Gasteiger partial charge in [-0.15, -0.1) is 0 Å². The van der Waals surface area contributed by atoms with Crippen LogP contribution < -0.4 is 5.32 Å². The van der Waals surface area contributed by atoms with Gasteiger partial charge < -0.3 is 20.3 Å². The highest BCUT2D eigenvalue weighted by molar-refractivity contribution is 5.83. The summed E-state index contributed by atoms with van der Waals surface area (Å²) in [5.41, 5.74) is 0.330. The minimum Gasteiger partial charge on any atom is -0.480 e. The number of H-pyrrole nitrogens is 1. The molecule has 7 nitrogen and oxygen atoms in total. The van der Waals surface area contributed by atoms with Crippen LogP contribution in [-0.4, -0.2) is 50.6 Å². The van der Waals surface area contributed by atoms with E-state index in [0.717, 1.165) is 6.42 Å². The number of imidazole rings is 1. The van der Waals surface area contributed by atoms with Crippen LogP contribution in [-0.2, 0) is 11.2 Å². The van der Waals surface area contributed by atoms with Gasteiger partial charge in [0.05, 0.1) is 6.33 Å². The summed E-state index contributed by atoms with van der Waals surface area (Å²) in [5, 5.41) is 11.7. The van der Waals surface area contributed by atoms with E-state index in [0.29, 0.717) is 5.69 Å². The van der Waals surface area contributed by atoms with E-state index >= 15 is 0 Å². The number of carbonyl (C=O) groups excluding carboxylic acids is 1. The van der Waals surface area contributed by atoms with Crippen molar-refractivity contribution in [2.45, 2.75) is 45.2 Å². The summed E-state index contributed by atoms with van der Waals surface area (Å²) < 4.78 is 0. The van der Waals surface area contributed by atoms with Crippen LogP contribution in [0.25, 0.3) is 0 Å². The van der Waals surface area contributed by atoms with Gasteiger partial charge in [-0.1, -0.05) is 6.92 Å². The third-order valence-corrected chi connectivity index (χ3v) is 3.65. The average molecular weight is 282 g/mol. The number of aromatic amines is 1. The highest BCUT2D eigenvalue weighted by Crippen LogP contribution is 2.16. The standard InChI is InChI=1S/C13H22N4O3/c1-5-13(2,3)17(4)12(20)16-10(11(18)19)6-9-7-14-8-15-9/h7-8,10H,5-6H2,1-4H3,(H,14,15)(H,16,20)(H,18,19). The minimum atomic E-state index is -1.07. The molecule has 0 saturated heterocycles. The molecule has 1 aromatic rings. The minimum absolute atomic E-state index is 0.168. The van der Waals surface area contributed by atoms with E-state index in [1.54, 1.807) is 13.2 Å². The predicted molar refractivity (Wildman–Crippen MR) is 74.4 cm³/mol. The zero-order chi connectivity index (χ0) is 15.3. The second kappa shape index (κ2) is 6.40. The second-order valence-corrected chi connectivity index (χ2v) is 5.35. The van der Waals surface area contributed by atoms with Gasteiger partial charge in [-0.25, -0.2) is 14.6 Å². The van der Waals surface area contributed by atoms with Crippen molar-refractivity contribution in [2.24, 2.45) is 0 Å². The highest BCUT2D eigenvalue weighted by atomic mass is 16.4. The number of carboxylic acids is 1. The summed E-state index contributed by atoms with van der Waals surface area (Å²) in [6.07, 6.45) is 3.96. The Bertz CT molecular complexity index is 456. The average Bonchev–Trinajstić information content (AvgIpc) is 2.89. The molecule has 0 bridgehead atoms. The van der Waals surface area contributed by atoms with Gasteiger partial charge in [0, 0.05) is 30.9 Å². The van der Waals surface area contributed by atoms with Crippen LogP contribution in [0.15, 0.2) is 12.5 Å². The first-order valence-electron chi connectivity index (χ1n) is 6.52. The van der Waals surface area contributed by atoms with Crippen LogP contribution in [0.5, 0.6) is 0 Å². The van der Waals surface area contributed by atoms with Crippen molar-refractivity contribution in [3.05, 3.63) is 18.2 Å². The molecular formula is C13H22N4O3. The number of amides is 2. The van der Waals surface area contributed by atoms with Gasteiger partial charge in [0.2, 0.25) is 0 Å². The summed E-state index contributed by atoms with van der Waals surface area (Å²) in [6, 6.07) is -1.39. The molecule has 1 atom stereocenters. The molecular weight excluding hydrogens is 260 g/mol. The molecule has 0 spiro atoms. The molecule has 1 rings (SSSR count). The number of nitrogens with zero attached hydrogens (tertiary/aromatic N) is 2. The molecule has 1 unspecified atom stereocenters. The van der Waals surface area contributed by atoms with Crippen LogP contribution in [0.3, 0.4) is 0 Å². The first-order valence-corrected chi connectivity index (χ1v) is 6.52. The quantitative estimate of drug-likeness (QED) is 0.731. The zero-order valence-corrected chi connectivity index (χ0v) is 12.3. The summed E-state index contributed by atoms with van der Waals surface area (Å²) >= 11 is 0. The van der Waals surface area contributed by atoms with E-state index < -0.39 is 18.0 Å². The maximum absolute atomic E-state index is 12.1. The Balaban J connectivity index is 2.71. The molecule has 3 N–H and O–H groups in total. The molecule has 20 heavy (non-hydrogen) atoms. The number of rotatable bonds is 6. The molecule has 0 aliphatic rings. The number of hydrogen-bond donors (Lipinski definition) is 3. The van der Waals surface area contributed by atoms with Gasteiger partial charge in [0.25, 0.3) is 0 Å². The Morgan fingerprint density at radius 2 is 2.20 bits per heavy atom. The molecule has 0 radical (unpaired) electrons. The van der Waals surface area contributed by atoms with Gasteiger partial charge in [0.15, 0.2) is 0 Å². The van der Waals surface area contributed by atoms with Crippen LogP contribution in [0.4, 0.5) is 4.79 Å². The predicted octanol–water partition coefficient (Wildman–Crippen LogP) is 1.24. The van der Waals surface area contributed by atoms with Crippen LogP contribution in [0.1, 0.15) is 32.9 Å². The first kappa shape index (κ1) is 16.0. The molecule has 1 aromatic heterocycles. The SMILES string of the molecule is CCC(C)(C)N(C)C(=O)NC(Cc1cnc[nH]1)C(=O)O. The van der Waals surface area contributed by atoms with E-state index in [4.69, 9.17) is 0 Å². The van der Waals surface area contributed by atoms with Gasteiger partial charge >= 0.3 is 12.0 Å². The Hall–Kier alpha value is -2.05. The van der Waals surface area contributed by atoms with Gasteiger partial charge in [-0.05, 0) is 20.3 Å². The largest absolute Gasteiger partial charge is 0.480 e. The molecule has 0 aliphatic carbocycles. The summed E-state index contributed by atoms with van der Waals surface area (Å²) in [5.74, 6) is -1.07. The molecule has 1 heterocycles. The molecule has 0 aliphatic heterocycles. The van der Waals surface area contributed by atoms with Gasteiger partial charge in [0.1, 0.15) is 6.04 Å². The maximum atomic E-state index is 12.1. The molecule has 0 aromatic carbocycles. The Kier molecular flexibility index (Phi) is 5.12. The number of hydrogen-bond acceptors (Lipinski definition) is 3. The number of urea groups is 1. The van der Waals surface area contributed by atoms with Crippen molar-refractivity contribution >= 4 is 12.0 Å². The number of carbonyl (C=O) groups is 2. The van der Waals surface area contributed by atoms with Crippen molar-refractivity contribution < 1.29 is 14.7 Å².